The number of fused-ring (bicyclic) bond motifs is 1. The number of carbonyl (C=O) groups excluding carboxylic acids is 1. The van der Waals surface area contributed by atoms with Crippen LogP contribution < -0.4 is 11.1 Å². The van der Waals surface area contributed by atoms with E-state index in [2.05, 4.69) is 20.5 Å². The van der Waals surface area contributed by atoms with E-state index in [0.29, 0.717) is 23.2 Å². The predicted molar refractivity (Wildman–Crippen MR) is 127 cm³/mol. The molecule has 0 bridgehead atoms. The average molecular weight is 467 g/mol. The summed E-state index contributed by atoms with van der Waals surface area (Å²) in [6, 6.07) is 13.7. The van der Waals surface area contributed by atoms with E-state index in [4.69, 9.17) is 10.5 Å². The first kappa shape index (κ1) is 20.9. The summed E-state index contributed by atoms with van der Waals surface area (Å²) >= 11 is 2.83. The largest absolute Gasteiger partial charge is 0.397 e. The Morgan fingerprint density at radius 3 is 2.91 bits per heavy atom. The first-order valence-electron chi connectivity index (χ1n) is 10.4. The lowest BCUT2D eigenvalue weighted by molar-refractivity contribution is -0.119. The number of ether oxygens (including phenoxy) is 1. The molecule has 10 heteroatoms. The van der Waals surface area contributed by atoms with Gasteiger partial charge in [-0.1, -0.05) is 30.0 Å². The molecule has 164 valence electrons. The van der Waals surface area contributed by atoms with Crippen molar-refractivity contribution in [1.82, 2.24) is 25.1 Å². The van der Waals surface area contributed by atoms with Gasteiger partial charge in [-0.15, -0.1) is 21.5 Å². The molecule has 1 saturated heterocycles. The van der Waals surface area contributed by atoms with Crippen LogP contribution in [0.2, 0.25) is 0 Å². The fourth-order valence-electron chi connectivity index (χ4n) is 3.65. The normalized spacial score (nSPS) is 15.9. The second kappa shape index (κ2) is 9.27. The monoisotopic (exact) mass is 466 g/mol. The molecule has 1 aliphatic heterocycles. The number of aromatic nitrogens is 4. The number of rotatable bonds is 7. The molecule has 5 rings (SSSR count). The molecule has 0 spiro atoms. The average Bonchev–Trinajstić information content (AvgIpc) is 3.56. The summed E-state index contributed by atoms with van der Waals surface area (Å²) in [5.74, 6) is 0.820. The maximum absolute atomic E-state index is 12.4. The molecule has 0 saturated carbocycles. The Morgan fingerprint density at radius 1 is 1.25 bits per heavy atom. The summed E-state index contributed by atoms with van der Waals surface area (Å²) in [5, 5.41) is 13.3. The van der Waals surface area contributed by atoms with Gasteiger partial charge in [0, 0.05) is 30.4 Å². The standard InChI is InChI=1S/C22H22N6O2S2/c23-18-16-9-4-10-24-21(16)32-19(18)20-26-27-22(28(20)14-6-2-1-3-7-14)31-13-17(29)25-12-15-8-5-11-30-15/h1-4,6-7,9-10,15H,5,8,11-13,23H2,(H,25,29)/t15-/m0/s1. The molecular formula is C22H22N6O2S2. The van der Waals surface area contributed by atoms with Crippen LogP contribution in [0.3, 0.4) is 0 Å². The van der Waals surface area contributed by atoms with Crippen molar-refractivity contribution in [1.29, 1.82) is 0 Å². The first-order valence-corrected chi connectivity index (χ1v) is 12.2. The Bertz CT molecular complexity index is 1230. The quantitative estimate of drug-likeness (QED) is 0.401. The number of hydrogen-bond acceptors (Lipinski definition) is 8. The summed E-state index contributed by atoms with van der Waals surface area (Å²) in [6.07, 6.45) is 3.91. The van der Waals surface area contributed by atoms with Gasteiger partial charge < -0.3 is 15.8 Å². The van der Waals surface area contributed by atoms with E-state index in [1.807, 2.05) is 47.0 Å². The van der Waals surface area contributed by atoms with Gasteiger partial charge in [0.25, 0.3) is 0 Å². The van der Waals surface area contributed by atoms with Crippen molar-refractivity contribution in [3.63, 3.8) is 0 Å². The van der Waals surface area contributed by atoms with Crippen molar-refractivity contribution < 1.29 is 9.53 Å². The topological polar surface area (TPSA) is 108 Å². The Labute approximate surface area is 193 Å². The third-order valence-corrected chi connectivity index (χ3v) is 7.29. The van der Waals surface area contributed by atoms with Gasteiger partial charge in [-0.25, -0.2) is 4.98 Å². The van der Waals surface area contributed by atoms with Crippen molar-refractivity contribution >= 4 is 44.9 Å². The number of nitrogens with zero attached hydrogens (tertiary/aromatic N) is 4. The van der Waals surface area contributed by atoms with Crippen molar-refractivity contribution in [3.05, 3.63) is 48.7 Å². The number of thiophene rings is 1. The molecule has 1 aliphatic rings. The summed E-state index contributed by atoms with van der Waals surface area (Å²) in [5.41, 5.74) is 7.99. The Kier molecular flexibility index (Phi) is 6.06. The lowest BCUT2D eigenvalue weighted by Gasteiger charge is -2.11. The van der Waals surface area contributed by atoms with Crippen molar-refractivity contribution in [2.24, 2.45) is 0 Å². The van der Waals surface area contributed by atoms with Gasteiger partial charge >= 0.3 is 0 Å². The number of nitrogen functional groups attached to an aromatic ring is 1. The van der Waals surface area contributed by atoms with Crippen LogP contribution in [0.15, 0.2) is 53.8 Å². The number of thioether (sulfide) groups is 1. The number of nitrogens with two attached hydrogens (primary N) is 1. The SMILES string of the molecule is Nc1c(-c2nnc(SCC(=O)NC[C@@H]3CCCO3)n2-c2ccccc2)sc2ncccc12. The van der Waals surface area contributed by atoms with Crippen LogP contribution in [0.25, 0.3) is 26.6 Å². The summed E-state index contributed by atoms with van der Waals surface area (Å²) in [4.78, 5) is 18.5. The highest BCUT2D eigenvalue weighted by molar-refractivity contribution is 7.99. The number of pyridine rings is 1. The smallest absolute Gasteiger partial charge is 0.230 e. The Hall–Kier alpha value is -2.95. The van der Waals surface area contributed by atoms with Crippen molar-refractivity contribution in [2.45, 2.75) is 24.1 Å². The molecule has 4 heterocycles. The lowest BCUT2D eigenvalue weighted by atomic mass is 10.2. The molecule has 0 radical (unpaired) electrons. The lowest BCUT2D eigenvalue weighted by Crippen LogP contribution is -2.32. The number of anilines is 1. The molecule has 3 N–H and O–H groups in total. The minimum Gasteiger partial charge on any atom is -0.397 e. The van der Waals surface area contributed by atoms with Crippen LogP contribution in [0.1, 0.15) is 12.8 Å². The molecule has 8 nitrogen and oxygen atoms in total. The van der Waals surface area contributed by atoms with E-state index in [1.54, 1.807) is 6.20 Å². The Morgan fingerprint density at radius 2 is 2.12 bits per heavy atom. The minimum absolute atomic E-state index is 0.0553. The predicted octanol–water partition coefficient (Wildman–Crippen LogP) is 3.51. The number of para-hydroxylation sites is 1. The van der Waals surface area contributed by atoms with Crippen molar-refractivity contribution in [2.75, 3.05) is 24.6 Å². The van der Waals surface area contributed by atoms with Gasteiger partial charge in [0.05, 0.1) is 22.4 Å². The van der Waals surface area contributed by atoms with Crippen LogP contribution in [-0.2, 0) is 9.53 Å². The number of benzene rings is 1. The van der Waals surface area contributed by atoms with Crippen molar-refractivity contribution in [3.8, 4) is 16.4 Å². The van der Waals surface area contributed by atoms with Crippen LogP contribution in [0.4, 0.5) is 5.69 Å². The Balaban J connectivity index is 1.42. The van der Waals surface area contributed by atoms with Gasteiger partial charge in [-0.3, -0.25) is 9.36 Å². The van der Waals surface area contributed by atoms with Crippen LogP contribution >= 0.6 is 23.1 Å². The fourth-order valence-corrected chi connectivity index (χ4v) is 5.47. The van der Waals surface area contributed by atoms with E-state index in [-0.39, 0.29) is 17.8 Å². The number of hydrogen-bond donors (Lipinski definition) is 2. The van der Waals surface area contributed by atoms with Crippen LogP contribution in [-0.4, -0.2) is 50.7 Å². The van der Waals surface area contributed by atoms with Gasteiger partial charge in [0.15, 0.2) is 11.0 Å². The zero-order valence-electron chi connectivity index (χ0n) is 17.2. The number of amides is 1. The van der Waals surface area contributed by atoms with Gasteiger partial charge in [-0.2, -0.15) is 0 Å². The molecule has 3 aromatic heterocycles. The molecule has 1 aromatic carbocycles. The third kappa shape index (κ3) is 4.21. The van der Waals surface area contributed by atoms with Gasteiger partial charge in [0.1, 0.15) is 4.83 Å². The molecule has 4 aromatic rings. The molecule has 32 heavy (non-hydrogen) atoms. The first-order chi connectivity index (χ1) is 15.7. The summed E-state index contributed by atoms with van der Waals surface area (Å²) < 4.78 is 7.51. The molecule has 0 unspecified atom stereocenters. The number of carbonyl (C=O) groups is 1. The van der Waals surface area contributed by atoms with E-state index in [0.717, 1.165) is 40.2 Å². The minimum atomic E-state index is -0.0553. The zero-order valence-corrected chi connectivity index (χ0v) is 18.9. The second-order valence-corrected chi connectivity index (χ2v) is 9.35. The van der Waals surface area contributed by atoms with E-state index in [1.165, 1.54) is 23.1 Å². The molecule has 1 fully saturated rings. The molecular weight excluding hydrogens is 444 g/mol. The molecule has 1 amide bonds. The molecule has 0 aliphatic carbocycles. The highest BCUT2D eigenvalue weighted by atomic mass is 32.2. The summed E-state index contributed by atoms with van der Waals surface area (Å²) in [7, 11) is 0. The maximum atomic E-state index is 12.4. The number of nitrogens with one attached hydrogen (secondary N) is 1. The second-order valence-electron chi connectivity index (χ2n) is 7.41. The summed E-state index contributed by atoms with van der Waals surface area (Å²) in [6.45, 7) is 1.32. The third-order valence-electron chi connectivity index (χ3n) is 5.24. The van der Waals surface area contributed by atoms with E-state index >= 15 is 0 Å². The fraction of sp³-hybridized carbons (Fsp3) is 0.273. The van der Waals surface area contributed by atoms with E-state index in [9.17, 15) is 4.79 Å². The highest BCUT2D eigenvalue weighted by Gasteiger charge is 2.22. The maximum Gasteiger partial charge on any atom is 0.230 e. The van der Waals surface area contributed by atoms with Gasteiger partial charge in [0.2, 0.25) is 5.91 Å². The molecule has 1 atom stereocenters. The highest BCUT2D eigenvalue weighted by Crippen LogP contribution is 2.40. The van der Waals surface area contributed by atoms with Crippen LogP contribution in [0, 0.1) is 0 Å². The van der Waals surface area contributed by atoms with Gasteiger partial charge in [-0.05, 0) is 37.1 Å². The van der Waals surface area contributed by atoms with Crippen LogP contribution in [0.5, 0.6) is 0 Å². The van der Waals surface area contributed by atoms with E-state index < -0.39 is 0 Å². The zero-order chi connectivity index (χ0) is 21.9.